The molecule has 0 saturated carbocycles. The monoisotopic (exact) mass is 227 g/mol. The van der Waals surface area contributed by atoms with Crippen LogP contribution in [0.5, 0.6) is 0 Å². The van der Waals surface area contributed by atoms with E-state index < -0.39 is 0 Å². The molecule has 0 bridgehead atoms. The van der Waals surface area contributed by atoms with Crippen LogP contribution in [0, 0.1) is 0 Å². The zero-order chi connectivity index (χ0) is 11.7. The van der Waals surface area contributed by atoms with Crippen LogP contribution in [0.25, 0.3) is 22.2 Å². The summed E-state index contributed by atoms with van der Waals surface area (Å²) in [6.45, 7) is 0.602. The van der Waals surface area contributed by atoms with Crippen LogP contribution < -0.4 is 5.73 Å². The van der Waals surface area contributed by atoms with E-state index in [1.165, 1.54) is 0 Å². The van der Waals surface area contributed by atoms with E-state index in [4.69, 9.17) is 10.2 Å². The molecule has 86 valence electrons. The van der Waals surface area contributed by atoms with Crippen LogP contribution >= 0.6 is 0 Å². The lowest BCUT2D eigenvalue weighted by atomic mass is 10.1. The SMILES string of the molecule is NCCc1[nH]cnc1-c1coc2ccccc12. The van der Waals surface area contributed by atoms with Gasteiger partial charge in [-0.1, -0.05) is 18.2 Å². The number of hydrogen-bond donors (Lipinski definition) is 2. The summed E-state index contributed by atoms with van der Waals surface area (Å²) >= 11 is 0. The van der Waals surface area contributed by atoms with Gasteiger partial charge in [0.15, 0.2) is 0 Å². The molecule has 0 aliphatic rings. The third-order valence-corrected chi connectivity index (χ3v) is 2.85. The topological polar surface area (TPSA) is 67.8 Å². The lowest BCUT2D eigenvalue weighted by Gasteiger charge is -1.98. The van der Waals surface area contributed by atoms with Crippen molar-refractivity contribution in [1.82, 2.24) is 9.97 Å². The predicted molar refractivity (Wildman–Crippen MR) is 66.6 cm³/mol. The van der Waals surface area contributed by atoms with Crippen molar-refractivity contribution in [3.05, 3.63) is 42.5 Å². The minimum Gasteiger partial charge on any atom is -0.464 e. The van der Waals surface area contributed by atoms with Gasteiger partial charge >= 0.3 is 0 Å². The fraction of sp³-hybridized carbons (Fsp3) is 0.154. The maximum absolute atomic E-state index is 5.58. The predicted octanol–water partition coefficient (Wildman–Crippen LogP) is 2.32. The second kappa shape index (κ2) is 4.07. The standard InChI is InChI=1S/C13H13N3O/c14-6-5-11-13(16-8-15-11)10-7-17-12-4-2-1-3-9(10)12/h1-4,7-8H,5-6,14H2,(H,15,16). The first-order valence-corrected chi connectivity index (χ1v) is 5.59. The highest BCUT2D eigenvalue weighted by Crippen LogP contribution is 2.30. The van der Waals surface area contributed by atoms with Crippen molar-refractivity contribution in [3.8, 4) is 11.3 Å². The average Bonchev–Trinajstić information content (AvgIpc) is 2.95. The van der Waals surface area contributed by atoms with E-state index in [0.29, 0.717) is 6.54 Å². The largest absolute Gasteiger partial charge is 0.464 e. The van der Waals surface area contributed by atoms with Gasteiger partial charge in [0.05, 0.1) is 12.0 Å². The Morgan fingerprint density at radius 3 is 3.06 bits per heavy atom. The Balaban J connectivity index is 2.17. The van der Waals surface area contributed by atoms with E-state index in [1.54, 1.807) is 12.6 Å². The summed E-state index contributed by atoms with van der Waals surface area (Å²) in [4.78, 5) is 7.48. The second-order valence-corrected chi connectivity index (χ2v) is 3.91. The molecule has 3 aromatic rings. The summed E-state index contributed by atoms with van der Waals surface area (Å²) in [5.41, 5.74) is 9.47. The van der Waals surface area contributed by atoms with Gasteiger partial charge in [-0.15, -0.1) is 0 Å². The number of fused-ring (bicyclic) bond motifs is 1. The Bertz CT molecular complexity index is 639. The number of aromatic amines is 1. The minimum atomic E-state index is 0.602. The number of nitrogens with one attached hydrogen (secondary N) is 1. The number of H-pyrrole nitrogens is 1. The molecular weight excluding hydrogens is 214 g/mol. The Morgan fingerprint density at radius 1 is 1.29 bits per heavy atom. The van der Waals surface area contributed by atoms with Gasteiger partial charge in [0.1, 0.15) is 11.8 Å². The number of aromatic nitrogens is 2. The van der Waals surface area contributed by atoms with Gasteiger partial charge < -0.3 is 15.1 Å². The molecule has 2 heterocycles. The van der Waals surface area contributed by atoms with Crippen LogP contribution in [-0.2, 0) is 6.42 Å². The molecule has 0 saturated heterocycles. The molecule has 0 atom stereocenters. The highest BCUT2D eigenvalue weighted by Gasteiger charge is 2.13. The molecule has 1 aromatic carbocycles. The summed E-state index contributed by atoms with van der Waals surface area (Å²) in [5, 5.41) is 1.08. The summed E-state index contributed by atoms with van der Waals surface area (Å²) < 4.78 is 5.52. The van der Waals surface area contributed by atoms with Crippen molar-refractivity contribution < 1.29 is 4.42 Å². The quantitative estimate of drug-likeness (QED) is 0.721. The number of nitrogens with two attached hydrogens (primary N) is 1. The molecule has 3 N–H and O–H groups in total. The summed E-state index contributed by atoms with van der Waals surface area (Å²) in [7, 11) is 0. The first-order valence-electron chi connectivity index (χ1n) is 5.59. The van der Waals surface area contributed by atoms with E-state index in [2.05, 4.69) is 9.97 Å². The molecule has 0 radical (unpaired) electrons. The van der Waals surface area contributed by atoms with Crippen molar-refractivity contribution >= 4 is 11.0 Å². The van der Waals surface area contributed by atoms with E-state index in [0.717, 1.165) is 34.3 Å². The third-order valence-electron chi connectivity index (χ3n) is 2.85. The Morgan fingerprint density at radius 2 is 2.18 bits per heavy atom. The number of rotatable bonds is 3. The van der Waals surface area contributed by atoms with Crippen LogP contribution in [-0.4, -0.2) is 16.5 Å². The van der Waals surface area contributed by atoms with Crippen molar-refractivity contribution in [2.24, 2.45) is 5.73 Å². The zero-order valence-corrected chi connectivity index (χ0v) is 9.31. The van der Waals surface area contributed by atoms with Crippen LogP contribution in [0.3, 0.4) is 0 Å². The number of benzene rings is 1. The van der Waals surface area contributed by atoms with Crippen LogP contribution in [0.4, 0.5) is 0 Å². The normalized spacial score (nSPS) is 11.1. The fourth-order valence-corrected chi connectivity index (χ4v) is 2.05. The molecule has 0 unspecified atom stereocenters. The van der Waals surface area contributed by atoms with E-state index in [-0.39, 0.29) is 0 Å². The maximum atomic E-state index is 5.58. The van der Waals surface area contributed by atoms with Crippen LogP contribution in [0.2, 0.25) is 0 Å². The smallest absolute Gasteiger partial charge is 0.134 e. The highest BCUT2D eigenvalue weighted by atomic mass is 16.3. The molecule has 4 nitrogen and oxygen atoms in total. The van der Waals surface area contributed by atoms with E-state index in [9.17, 15) is 0 Å². The van der Waals surface area contributed by atoms with Gasteiger partial charge in [0.2, 0.25) is 0 Å². The highest BCUT2D eigenvalue weighted by molar-refractivity contribution is 5.93. The molecule has 0 spiro atoms. The molecule has 0 fully saturated rings. The Hall–Kier alpha value is -2.07. The Kier molecular flexibility index (Phi) is 2.42. The van der Waals surface area contributed by atoms with Crippen molar-refractivity contribution in [1.29, 1.82) is 0 Å². The minimum absolute atomic E-state index is 0.602. The number of hydrogen-bond acceptors (Lipinski definition) is 3. The van der Waals surface area contributed by atoms with Gasteiger partial charge in [-0.3, -0.25) is 0 Å². The molecule has 0 amide bonds. The molecule has 0 aliphatic carbocycles. The second-order valence-electron chi connectivity index (χ2n) is 3.91. The number of furan rings is 1. The van der Waals surface area contributed by atoms with Crippen molar-refractivity contribution in [3.63, 3.8) is 0 Å². The molecule has 4 heteroatoms. The van der Waals surface area contributed by atoms with Gasteiger partial charge in [-0.25, -0.2) is 4.98 Å². The van der Waals surface area contributed by atoms with E-state index in [1.807, 2.05) is 24.3 Å². The average molecular weight is 227 g/mol. The fourth-order valence-electron chi connectivity index (χ4n) is 2.05. The Labute approximate surface area is 98.5 Å². The first-order chi connectivity index (χ1) is 8.40. The third kappa shape index (κ3) is 1.62. The van der Waals surface area contributed by atoms with Gasteiger partial charge in [0, 0.05) is 23.1 Å². The van der Waals surface area contributed by atoms with Crippen LogP contribution in [0.1, 0.15) is 5.69 Å². The maximum Gasteiger partial charge on any atom is 0.134 e. The number of nitrogens with zero attached hydrogens (tertiary/aromatic N) is 1. The summed E-state index contributed by atoms with van der Waals surface area (Å²) in [5.74, 6) is 0. The lowest BCUT2D eigenvalue weighted by Crippen LogP contribution is -2.03. The van der Waals surface area contributed by atoms with Crippen LogP contribution in [0.15, 0.2) is 41.3 Å². The van der Waals surface area contributed by atoms with Crippen molar-refractivity contribution in [2.75, 3.05) is 6.54 Å². The lowest BCUT2D eigenvalue weighted by molar-refractivity contribution is 0.616. The zero-order valence-electron chi connectivity index (χ0n) is 9.31. The van der Waals surface area contributed by atoms with Crippen molar-refractivity contribution in [2.45, 2.75) is 6.42 Å². The van der Waals surface area contributed by atoms with E-state index >= 15 is 0 Å². The van der Waals surface area contributed by atoms with Gasteiger partial charge in [-0.2, -0.15) is 0 Å². The molecule has 0 aliphatic heterocycles. The summed E-state index contributed by atoms with van der Waals surface area (Å²) in [6.07, 6.45) is 4.23. The molecule has 17 heavy (non-hydrogen) atoms. The number of para-hydroxylation sites is 1. The summed E-state index contributed by atoms with van der Waals surface area (Å²) in [6, 6.07) is 7.95. The van der Waals surface area contributed by atoms with Gasteiger partial charge in [-0.05, 0) is 12.6 Å². The number of imidazole rings is 1. The molecule has 2 aromatic heterocycles. The van der Waals surface area contributed by atoms with Gasteiger partial charge in [0.25, 0.3) is 0 Å². The molecular formula is C13H13N3O. The first kappa shape index (κ1) is 10.1. The molecule has 3 rings (SSSR count).